The number of fused-ring (bicyclic) bond motifs is 4. The van der Waals surface area contributed by atoms with E-state index in [2.05, 4.69) is 0 Å². The number of ether oxygens (including phenoxy) is 2. The Balaban J connectivity index is 1.39. The molecule has 1 saturated carbocycles. The zero-order chi connectivity index (χ0) is 36.5. The standard InChI is InChI=1S/C43H36ClNO7/c1-23-14-15-26(18-33(23)44)45-41(49)29-17-16-28-31(37(29)42(45)50)21-32-40(48)30(24-10-6-4-7-11-24)22-36(47)43(32,25-12-8-5-9-13-25)39(28)38-34(46)19-27(51-2)20-35(38)52-3/h4-16,18-20,22,29,31-32,37,39,46H,17,21H2,1-3H3/t29-,31+,32-,37-,39+,43-/m0/s1. The van der Waals surface area contributed by atoms with Gasteiger partial charge in [0.1, 0.15) is 17.2 Å². The molecule has 0 unspecified atom stereocenters. The van der Waals surface area contributed by atoms with Crippen LogP contribution in [-0.4, -0.2) is 42.7 Å². The van der Waals surface area contributed by atoms with E-state index in [4.69, 9.17) is 21.1 Å². The zero-order valence-corrected chi connectivity index (χ0v) is 29.6. The highest BCUT2D eigenvalue weighted by atomic mass is 35.5. The van der Waals surface area contributed by atoms with Gasteiger partial charge in [-0.1, -0.05) is 90.0 Å². The predicted molar refractivity (Wildman–Crippen MR) is 196 cm³/mol. The van der Waals surface area contributed by atoms with E-state index in [0.717, 1.165) is 5.56 Å². The number of aromatic hydroxyl groups is 1. The molecular formula is C43H36ClNO7. The molecule has 1 heterocycles. The third kappa shape index (κ3) is 4.80. The van der Waals surface area contributed by atoms with E-state index in [0.29, 0.717) is 38.7 Å². The number of phenolic OH excluding ortho intramolecular Hbond substituents is 1. The Morgan fingerprint density at radius 3 is 2.23 bits per heavy atom. The summed E-state index contributed by atoms with van der Waals surface area (Å²) in [5, 5.41) is 12.3. The second-order valence-electron chi connectivity index (χ2n) is 14.0. The summed E-state index contributed by atoms with van der Waals surface area (Å²) in [6.07, 6.45) is 3.76. The van der Waals surface area contributed by atoms with Gasteiger partial charge in [-0.25, -0.2) is 4.90 Å². The first-order valence-corrected chi connectivity index (χ1v) is 17.7. The lowest BCUT2D eigenvalue weighted by Gasteiger charge is -2.55. The van der Waals surface area contributed by atoms with Gasteiger partial charge in [0.25, 0.3) is 0 Å². The van der Waals surface area contributed by atoms with Crippen molar-refractivity contribution in [2.24, 2.45) is 23.7 Å². The van der Waals surface area contributed by atoms with Gasteiger partial charge in [0, 0.05) is 40.1 Å². The van der Waals surface area contributed by atoms with Gasteiger partial charge in [-0.05, 0) is 60.6 Å². The van der Waals surface area contributed by atoms with Crippen molar-refractivity contribution in [1.82, 2.24) is 0 Å². The van der Waals surface area contributed by atoms with Crippen molar-refractivity contribution in [3.63, 3.8) is 0 Å². The molecule has 1 aliphatic heterocycles. The molecule has 4 aromatic rings. The summed E-state index contributed by atoms with van der Waals surface area (Å²) in [7, 11) is 2.95. The van der Waals surface area contributed by atoms with Crippen LogP contribution < -0.4 is 14.4 Å². The molecule has 0 spiro atoms. The van der Waals surface area contributed by atoms with Crippen molar-refractivity contribution in [1.29, 1.82) is 0 Å². The zero-order valence-electron chi connectivity index (χ0n) is 28.8. The van der Waals surface area contributed by atoms with Gasteiger partial charge in [-0.15, -0.1) is 0 Å². The van der Waals surface area contributed by atoms with Gasteiger partial charge in [-0.2, -0.15) is 0 Å². The summed E-state index contributed by atoms with van der Waals surface area (Å²) < 4.78 is 11.4. The van der Waals surface area contributed by atoms with Gasteiger partial charge < -0.3 is 14.6 Å². The Morgan fingerprint density at radius 2 is 1.56 bits per heavy atom. The van der Waals surface area contributed by atoms with Crippen molar-refractivity contribution < 1.29 is 33.8 Å². The maximum Gasteiger partial charge on any atom is 0.238 e. The fourth-order valence-electron chi connectivity index (χ4n) is 9.33. The number of halogens is 1. The van der Waals surface area contributed by atoms with E-state index >= 15 is 9.59 Å². The van der Waals surface area contributed by atoms with Crippen LogP contribution in [0.15, 0.2) is 109 Å². The third-order valence-electron chi connectivity index (χ3n) is 11.6. The molecule has 4 aliphatic rings. The van der Waals surface area contributed by atoms with Crippen molar-refractivity contribution in [3.8, 4) is 17.2 Å². The molecule has 4 aromatic carbocycles. The number of carbonyl (C=O) groups is 4. The number of anilines is 1. The molecule has 0 bridgehead atoms. The topological polar surface area (TPSA) is 110 Å². The monoisotopic (exact) mass is 713 g/mol. The first kappa shape index (κ1) is 33.7. The first-order chi connectivity index (χ1) is 25.1. The van der Waals surface area contributed by atoms with Crippen LogP contribution in [-0.2, 0) is 24.6 Å². The van der Waals surface area contributed by atoms with E-state index < -0.39 is 35.0 Å². The molecule has 3 aliphatic carbocycles. The molecule has 9 heteroatoms. The summed E-state index contributed by atoms with van der Waals surface area (Å²) in [5.74, 6) is -4.85. The average molecular weight is 714 g/mol. The second-order valence-corrected chi connectivity index (χ2v) is 14.4. The number of hydrogen-bond acceptors (Lipinski definition) is 7. The molecule has 0 aromatic heterocycles. The number of phenols is 1. The van der Waals surface area contributed by atoms with Gasteiger partial charge in [0.2, 0.25) is 11.8 Å². The summed E-state index contributed by atoms with van der Waals surface area (Å²) in [6, 6.07) is 26.5. The number of Topliss-reactive ketones (excluding diaryl/α,β-unsaturated/α-hetero) is 1. The van der Waals surface area contributed by atoms with Crippen LogP contribution in [0.2, 0.25) is 5.02 Å². The second kappa shape index (κ2) is 12.6. The summed E-state index contributed by atoms with van der Waals surface area (Å²) >= 11 is 6.47. The highest BCUT2D eigenvalue weighted by Gasteiger charge is 2.66. The van der Waals surface area contributed by atoms with E-state index in [9.17, 15) is 14.7 Å². The molecule has 52 heavy (non-hydrogen) atoms. The highest BCUT2D eigenvalue weighted by Crippen LogP contribution is 2.65. The lowest BCUT2D eigenvalue weighted by Crippen LogP contribution is -2.58. The lowest BCUT2D eigenvalue weighted by atomic mass is 9.44. The summed E-state index contributed by atoms with van der Waals surface area (Å²) in [4.78, 5) is 60.4. The number of rotatable bonds is 6. The highest BCUT2D eigenvalue weighted by molar-refractivity contribution is 6.33. The molecule has 1 N–H and O–H groups in total. The van der Waals surface area contributed by atoms with Crippen LogP contribution in [0, 0.1) is 30.6 Å². The van der Waals surface area contributed by atoms with Crippen molar-refractivity contribution in [2.45, 2.75) is 31.1 Å². The predicted octanol–water partition coefficient (Wildman–Crippen LogP) is 7.40. The molecule has 6 atom stereocenters. The van der Waals surface area contributed by atoms with Crippen molar-refractivity contribution in [2.75, 3.05) is 19.1 Å². The molecule has 2 fully saturated rings. The minimum Gasteiger partial charge on any atom is -0.507 e. The fraction of sp³-hybridized carbons (Fsp3) is 0.256. The average Bonchev–Trinajstić information content (AvgIpc) is 3.42. The largest absolute Gasteiger partial charge is 0.507 e. The van der Waals surface area contributed by atoms with E-state index in [1.165, 1.54) is 31.3 Å². The first-order valence-electron chi connectivity index (χ1n) is 17.3. The Kier molecular flexibility index (Phi) is 8.18. The number of carbonyl (C=O) groups excluding carboxylic acids is 4. The molecule has 1 saturated heterocycles. The quantitative estimate of drug-likeness (QED) is 0.164. The van der Waals surface area contributed by atoms with Crippen LogP contribution in [0.3, 0.4) is 0 Å². The number of aryl methyl sites for hydroxylation is 1. The normalized spacial score (nSPS) is 26.6. The Morgan fingerprint density at radius 1 is 0.846 bits per heavy atom. The molecule has 2 amide bonds. The number of amides is 2. The van der Waals surface area contributed by atoms with Gasteiger partial charge in [0.05, 0.1) is 37.2 Å². The lowest BCUT2D eigenvalue weighted by molar-refractivity contribution is -0.135. The van der Waals surface area contributed by atoms with Gasteiger partial charge >= 0.3 is 0 Å². The van der Waals surface area contributed by atoms with Crippen LogP contribution in [0.5, 0.6) is 17.2 Å². The number of imide groups is 1. The maximum atomic E-state index is 15.3. The molecule has 0 radical (unpaired) electrons. The number of nitrogens with zero attached hydrogens (tertiary/aromatic N) is 1. The number of methoxy groups -OCH3 is 2. The smallest absolute Gasteiger partial charge is 0.238 e. The molecule has 8 nitrogen and oxygen atoms in total. The Bertz CT molecular complexity index is 2230. The fourth-order valence-corrected chi connectivity index (χ4v) is 9.50. The molecule has 262 valence electrons. The van der Waals surface area contributed by atoms with Gasteiger partial charge in [-0.3, -0.25) is 19.2 Å². The van der Waals surface area contributed by atoms with Crippen LogP contribution in [0.4, 0.5) is 5.69 Å². The number of benzene rings is 4. The van der Waals surface area contributed by atoms with E-state index in [-0.39, 0.29) is 53.3 Å². The van der Waals surface area contributed by atoms with Crippen molar-refractivity contribution >= 4 is 46.2 Å². The van der Waals surface area contributed by atoms with E-state index in [1.54, 1.807) is 36.4 Å². The minimum atomic E-state index is -1.53. The van der Waals surface area contributed by atoms with E-state index in [1.807, 2.05) is 61.5 Å². The number of ketones is 2. The summed E-state index contributed by atoms with van der Waals surface area (Å²) in [6.45, 7) is 1.85. The SMILES string of the molecule is COc1cc(O)c([C@H]2C3=CC[C@@H]4C(=O)N(c5ccc(C)c(Cl)c5)C(=O)[C@@H]4[C@@H]3C[C@H]3C(=O)C(c4ccccc4)=CC(=O)[C@@]23c2ccccc2)c(OC)c1. The Labute approximate surface area is 306 Å². The number of allylic oxidation sites excluding steroid dienone is 4. The molecular weight excluding hydrogens is 678 g/mol. The minimum absolute atomic E-state index is 0.133. The third-order valence-corrected chi connectivity index (χ3v) is 12.0. The summed E-state index contributed by atoms with van der Waals surface area (Å²) in [5.41, 5.74) is 2.20. The number of hydrogen-bond donors (Lipinski definition) is 1. The van der Waals surface area contributed by atoms with Gasteiger partial charge in [0.15, 0.2) is 11.6 Å². The Hall–Kier alpha value is -5.47. The van der Waals surface area contributed by atoms with Crippen LogP contribution in [0.1, 0.15) is 41.0 Å². The van der Waals surface area contributed by atoms with Crippen LogP contribution in [0.25, 0.3) is 5.57 Å². The maximum absolute atomic E-state index is 15.3. The molecule has 8 rings (SSSR count). The van der Waals surface area contributed by atoms with Crippen LogP contribution >= 0.6 is 11.6 Å². The van der Waals surface area contributed by atoms with Crippen molar-refractivity contribution in [3.05, 3.63) is 136 Å².